The van der Waals surface area contributed by atoms with E-state index in [2.05, 4.69) is 22.8 Å². The first-order valence-corrected chi connectivity index (χ1v) is 7.72. The van der Waals surface area contributed by atoms with Gasteiger partial charge in [-0.2, -0.15) is 0 Å². The Labute approximate surface area is 125 Å². The average molecular weight is 289 g/mol. The number of nitrogens with one attached hydrogen (secondary N) is 1. The standard InChI is InChI=1S/C10H12O.C7H11NS/c1-8-5-3-4-6-10(8)7-9(2)11;1-8-5-4-7-3-2-6-9-7/h3-6H,7H2,1-2H3;2-3,6,8H,4-5H2,1H3. The van der Waals surface area contributed by atoms with Crippen LogP contribution >= 0.6 is 11.3 Å². The van der Waals surface area contributed by atoms with Crippen LogP contribution < -0.4 is 5.32 Å². The number of ketones is 1. The summed E-state index contributed by atoms with van der Waals surface area (Å²) in [5.41, 5.74) is 2.34. The number of thiophene rings is 1. The maximum Gasteiger partial charge on any atom is 0.134 e. The van der Waals surface area contributed by atoms with E-state index in [0.29, 0.717) is 6.42 Å². The third-order valence-corrected chi connectivity index (χ3v) is 3.84. The number of hydrogen-bond acceptors (Lipinski definition) is 3. The lowest BCUT2D eigenvalue weighted by Crippen LogP contribution is -2.09. The molecule has 1 aromatic heterocycles. The molecule has 0 atom stereocenters. The van der Waals surface area contributed by atoms with Crippen LogP contribution in [0.1, 0.15) is 22.9 Å². The third kappa shape index (κ3) is 6.64. The molecule has 2 rings (SSSR count). The van der Waals surface area contributed by atoms with E-state index in [1.54, 1.807) is 6.92 Å². The molecule has 0 saturated carbocycles. The Hall–Kier alpha value is -1.45. The molecule has 0 radical (unpaired) electrons. The fraction of sp³-hybridized carbons (Fsp3) is 0.353. The normalized spacial score (nSPS) is 9.75. The lowest BCUT2D eigenvalue weighted by atomic mass is 10.0. The van der Waals surface area contributed by atoms with E-state index in [9.17, 15) is 4.79 Å². The molecule has 2 nitrogen and oxygen atoms in total. The first-order chi connectivity index (χ1) is 9.63. The molecule has 0 spiro atoms. The molecule has 3 heteroatoms. The summed E-state index contributed by atoms with van der Waals surface area (Å²) in [6.45, 7) is 4.73. The maximum atomic E-state index is 10.8. The molecule has 1 aromatic carbocycles. The zero-order valence-corrected chi connectivity index (χ0v) is 13.3. The highest BCUT2D eigenvalue weighted by molar-refractivity contribution is 7.09. The van der Waals surface area contributed by atoms with Crippen molar-refractivity contribution in [2.24, 2.45) is 0 Å². The van der Waals surface area contributed by atoms with E-state index in [4.69, 9.17) is 0 Å². The maximum absolute atomic E-state index is 10.8. The summed E-state index contributed by atoms with van der Waals surface area (Å²) < 4.78 is 0. The van der Waals surface area contributed by atoms with Crippen molar-refractivity contribution in [3.8, 4) is 0 Å². The zero-order chi connectivity index (χ0) is 14.8. The Bertz CT molecular complexity index is 505. The number of Topliss-reactive ketones (excluding diaryl/α,β-unsaturated/α-hetero) is 1. The van der Waals surface area contributed by atoms with Crippen molar-refractivity contribution < 1.29 is 4.79 Å². The van der Waals surface area contributed by atoms with E-state index in [0.717, 1.165) is 18.5 Å². The van der Waals surface area contributed by atoms with Gasteiger partial charge in [0.05, 0.1) is 0 Å². The molecule has 0 unspecified atom stereocenters. The summed E-state index contributed by atoms with van der Waals surface area (Å²) in [6.07, 6.45) is 1.72. The summed E-state index contributed by atoms with van der Waals surface area (Å²) in [6, 6.07) is 12.2. The van der Waals surface area contributed by atoms with E-state index in [1.807, 2.05) is 49.6 Å². The zero-order valence-electron chi connectivity index (χ0n) is 12.5. The number of hydrogen-bond donors (Lipinski definition) is 1. The highest BCUT2D eigenvalue weighted by atomic mass is 32.1. The number of carbonyl (C=O) groups excluding carboxylic acids is 1. The second kappa shape index (κ2) is 9.45. The molecular formula is C17H23NOS. The fourth-order valence-electron chi connectivity index (χ4n) is 1.78. The van der Waals surface area contributed by atoms with Crippen molar-refractivity contribution in [3.63, 3.8) is 0 Å². The highest BCUT2D eigenvalue weighted by Crippen LogP contribution is 2.08. The minimum Gasteiger partial charge on any atom is -0.319 e. The minimum absolute atomic E-state index is 0.222. The van der Waals surface area contributed by atoms with Gasteiger partial charge in [0.15, 0.2) is 0 Å². The number of carbonyl (C=O) groups is 1. The molecule has 1 heterocycles. The van der Waals surface area contributed by atoms with Crippen LogP contribution in [-0.2, 0) is 17.6 Å². The largest absolute Gasteiger partial charge is 0.319 e. The van der Waals surface area contributed by atoms with Gasteiger partial charge in [0.25, 0.3) is 0 Å². The van der Waals surface area contributed by atoms with E-state index in [1.165, 1.54) is 10.4 Å². The number of benzene rings is 1. The van der Waals surface area contributed by atoms with Gasteiger partial charge < -0.3 is 5.32 Å². The average Bonchev–Trinajstić information content (AvgIpc) is 2.92. The van der Waals surface area contributed by atoms with Crippen LogP contribution in [0.5, 0.6) is 0 Å². The van der Waals surface area contributed by atoms with Gasteiger partial charge in [-0.05, 0) is 56.4 Å². The molecular weight excluding hydrogens is 266 g/mol. The summed E-state index contributed by atoms with van der Waals surface area (Å²) in [4.78, 5) is 12.2. The van der Waals surface area contributed by atoms with Crippen molar-refractivity contribution in [1.82, 2.24) is 5.32 Å². The fourth-order valence-corrected chi connectivity index (χ4v) is 2.49. The van der Waals surface area contributed by atoms with Gasteiger partial charge in [-0.25, -0.2) is 0 Å². The quantitative estimate of drug-likeness (QED) is 0.910. The van der Waals surface area contributed by atoms with E-state index >= 15 is 0 Å². The van der Waals surface area contributed by atoms with E-state index < -0.39 is 0 Å². The summed E-state index contributed by atoms with van der Waals surface area (Å²) in [5, 5.41) is 5.23. The predicted molar refractivity (Wildman–Crippen MR) is 87.5 cm³/mol. The highest BCUT2D eigenvalue weighted by Gasteiger charge is 1.98. The van der Waals surface area contributed by atoms with Crippen LogP contribution in [0, 0.1) is 6.92 Å². The lowest BCUT2D eigenvalue weighted by molar-refractivity contribution is -0.116. The molecule has 0 bridgehead atoms. The molecule has 0 saturated heterocycles. The molecule has 0 amide bonds. The first kappa shape index (κ1) is 16.6. The minimum atomic E-state index is 0.222. The topological polar surface area (TPSA) is 29.1 Å². The van der Waals surface area contributed by atoms with Gasteiger partial charge in [-0.1, -0.05) is 30.3 Å². The smallest absolute Gasteiger partial charge is 0.134 e. The molecule has 0 aliphatic carbocycles. The van der Waals surface area contributed by atoms with Crippen LogP contribution in [0.3, 0.4) is 0 Å². The third-order valence-electron chi connectivity index (χ3n) is 2.90. The van der Waals surface area contributed by atoms with Gasteiger partial charge >= 0.3 is 0 Å². The Morgan fingerprint density at radius 1 is 1.20 bits per heavy atom. The van der Waals surface area contributed by atoms with Crippen LogP contribution in [0.25, 0.3) is 0 Å². The Morgan fingerprint density at radius 3 is 2.50 bits per heavy atom. The summed E-state index contributed by atoms with van der Waals surface area (Å²) >= 11 is 1.82. The van der Waals surface area contributed by atoms with Crippen molar-refractivity contribution in [3.05, 3.63) is 57.8 Å². The molecule has 1 N–H and O–H groups in total. The number of aryl methyl sites for hydroxylation is 1. The van der Waals surface area contributed by atoms with Crippen LogP contribution in [0.4, 0.5) is 0 Å². The van der Waals surface area contributed by atoms with Crippen molar-refractivity contribution in [2.45, 2.75) is 26.7 Å². The van der Waals surface area contributed by atoms with Gasteiger partial charge in [0.1, 0.15) is 5.78 Å². The molecule has 0 aliphatic heterocycles. The van der Waals surface area contributed by atoms with Gasteiger partial charge in [0.2, 0.25) is 0 Å². The van der Waals surface area contributed by atoms with Crippen LogP contribution in [-0.4, -0.2) is 19.4 Å². The van der Waals surface area contributed by atoms with Crippen LogP contribution in [0.2, 0.25) is 0 Å². The predicted octanol–water partition coefficient (Wildman–Crippen LogP) is 3.64. The Morgan fingerprint density at radius 2 is 1.95 bits per heavy atom. The monoisotopic (exact) mass is 289 g/mol. The Balaban J connectivity index is 0.000000204. The summed E-state index contributed by atoms with van der Waals surface area (Å²) in [7, 11) is 1.98. The van der Waals surface area contributed by atoms with Gasteiger partial charge in [0, 0.05) is 11.3 Å². The van der Waals surface area contributed by atoms with Crippen molar-refractivity contribution in [1.29, 1.82) is 0 Å². The molecule has 0 aliphatic rings. The van der Waals surface area contributed by atoms with Gasteiger partial charge in [-0.3, -0.25) is 4.79 Å². The van der Waals surface area contributed by atoms with Crippen molar-refractivity contribution >= 4 is 17.1 Å². The summed E-state index contributed by atoms with van der Waals surface area (Å²) in [5.74, 6) is 0.222. The number of rotatable bonds is 5. The van der Waals surface area contributed by atoms with Gasteiger partial charge in [-0.15, -0.1) is 11.3 Å². The van der Waals surface area contributed by atoms with E-state index in [-0.39, 0.29) is 5.78 Å². The SMILES string of the molecule is CC(=O)Cc1ccccc1C.CNCCc1cccs1. The second-order valence-corrected chi connectivity index (χ2v) is 5.77. The molecule has 0 fully saturated rings. The molecule has 20 heavy (non-hydrogen) atoms. The van der Waals surface area contributed by atoms with Crippen molar-refractivity contribution in [2.75, 3.05) is 13.6 Å². The first-order valence-electron chi connectivity index (χ1n) is 6.84. The Kier molecular flexibility index (Phi) is 7.85. The molecule has 108 valence electrons. The molecule has 2 aromatic rings. The number of likely N-dealkylation sites (N-methyl/N-ethyl adjacent to an activating group) is 1. The second-order valence-electron chi connectivity index (χ2n) is 4.74. The van der Waals surface area contributed by atoms with Crippen LogP contribution in [0.15, 0.2) is 41.8 Å². The lowest BCUT2D eigenvalue weighted by Gasteiger charge is -2.00.